The molecule has 7 heteroatoms. The van der Waals surface area contributed by atoms with Gasteiger partial charge in [0.25, 0.3) is 0 Å². The second kappa shape index (κ2) is 8.16. The SMILES string of the molecule is COC(=O)C/C(C(=O)OC)=C(/C(=O)c1ccccc1)c1nccs1. The van der Waals surface area contributed by atoms with Crippen LogP contribution in [-0.4, -0.2) is 36.9 Å². The smallest absolute Gasteiger partial charge is 0.335 e. The van der Waals surface area contributed by atoms with Crippen molar-refractivity contribution in [2.75, 3.05) is 14.2 Å². The highest BCUT2D eigenvalue weighted by atomic mass is 32.1. The van der Waals surface area contributed by atoms with Crippen molar-refractivity contribution in [3.63, 3.8) is 0 Å². The van der Waals surface area contributed by atoms with E-state index in [-0.39, 0.29) is 17.6 Å². The second-order valence-electron chi connectivity index (χ2n) is 4.63. The molecule has 24 heavy (non-hydrogen) atoms. The van der Waals surface area contributed by atoms with E-state index < -0.39 is 17.7 Å². The molecule has 0 unspecified atom stereocenters. The Bertz CT molecular complexity index is 766. The third-order valence-electron chi connectivity index (χ3n) is 3.19. The van der Waals surface area contributed by atoms with Gasteiger partial charge in [0, 0.05) is 17.1 Å². The van der Waals surface area contributed by atoms with Crippen LogP contribution >= 0.6 is 11.3 Å². The van der Waals surface area contributed by atoms with Crippen molar-refractivity contribution in [1.29, 1.82) is 0 Å². The van der Waals surface area contributed by atoms with Crippen molar-refractivity contribution >= 4 is 34.6 Å². The molecule has 0 atom stereocenters. The van der Waals surface area contributed by atoms with Gasteiger partial charge in [-0.05, 0) is 0 Å². The minimum atomic E-state index is -0.769. The zero-order valence-electron chi connectivity index (χ0n) is 13.1. The summed E-state index contributed by atoms with van der Waals surface area (Å²) in [4.78, 5) is 40.9. The average molecular weight is 345 g/mol. The molecule has 2 aromatic rings. The number of methoxy groups -OCH3 is 2. The zero-order chi connectivity index (χ0) is 17.5. The maximum absolute atomic E-state index is 12.9. The summed E-state index contributed by atoms with van der Waals surface area (Å²) < 4.78 is 9.36. The topological polar surface area (TPSA) is 82.6 Å². The van der Waals surface area contributed by atoms with E-state index in [2.05, 4.69) is 9.72 Å². The Balaban J connectivity index is 2.63. The summed E-state index contributed by atoms with van der Waals surface area (Å²) >= 11 is 1.20. The first kappa shape index (κ1) is 17.6. The number of nitrogens with zero attached hydrogens (tertiary/aromatic N) is 1. The number of carbonyl (C=O) groups excluding carboxylic acids is 3. The van der Waals surface area contributed by atoms with Crippen LogP contribution in [0.15, 0.2) is 47.5 Å². The van der Waals surface area contributed by atoms with Crippen LogP contribution in [0.1, 0.15) is 21.8 Å². The van der Waals surface area contributed by atoms with E-state index in [0.717, 1.165) is 0 Å². The van der Waals surface area contributed by atoms with Gasteiger partial charge in [0.15, 0.2) is 5.78 Å². The van der Waals surface area contributed by atoms with Crippen LogP contribution in [0, 0.1) is 0 Å². The monoisotopic (exact) mass is 345 g/mol. The van der Waals surface area contributed by atoms with Gasteiger partial charge in [-0.3, -0.25) is 9.59 Å². The first-order chi connectivity index (χ1) is 11.6. The number of allylic oxidation sites excluding steroid dienone is 1. The van der Waals surface area contributed by atoms with Gasteiger partial charge in [0.2, 0.25) is 0 Å². The standard InChI is InChI=1S/C17H15NO5S/c1-22-13(19)10-12(17(21)23-2)14(16-18-8-9-24-16)15(20)11-6-4-3-5-7-11/h3-9H,10H2,1-2H3/b14-12+. The lowest BCUT2D eigenvalue weighted by Gasteiger charge is -2.11. The second-order valence-corrected chi connectivity index (χ2v) is 5.53. The van der Waals surface area contributed by atoms with Crippen LogP contribution in [0.2, 0.25) is 0 Å². The summed E-state index contributed by atoms with van der Waals surface area (Å²) in [7, 11) is 2.39. The largest absolute Gasteiger partial charge is 0.469 e. The summed E-state index contributed by atoms with van der Waals surface area (Å²) in [6, 6.07) is 8.46. The summed E-state index contributed by atoms with van der Waals surface area (Å²) in [5, 5.41) is 2.02. The molecular weight excluding hydrogens is 330 g/mol. The van der Waals surface area contributed by atoms with E-state index >= 15 is 0 Å². The molecule has 0 amide bonds. The number of hydrogen-bond acceptors (Lipinski definition) is 7. The Morgan fingerprint density at radius 1 is 1.08 bits per heavy atom. The predicted molar refractivity (Wildman–Crippen MR) is 88.5 cm³/mol. The van der Waals surface area contributed by atoms with Crippen molar-refractivity contribution in [3.05, 3.63) is 58.1 Å². The summed E-state index contributed by atoms with van der Waals surface area (Å²) in [5.74, 6) is -1.82. The molecule has 6 nitrogen and oxygen atoms in total. The van der Waals surface area contributed by atoms with Gasteiger partial charge in [-0.25, -0.2) is 9.78 Å². The number of aromatic nitrogens is 1. The number of ether oxygens (including phenoxy) is 2. The lowest BCUT2D eigenvalue weighted by atomic mass is 9.97. The van der Waals surface area contributed by atoms with E-state index in [4.69, 9.17) is 4.74 Å². The molecule has 0 bridgehead atoms. The number of Topliss-reactive ketones (excluding diaryl/α,β-unsaturated/α-hetero) is 1. The highest BCUT2D eigenvalue weighted by Gasteiger charge is 2.27. The van der Waals surface area contributed by atoms with Crippen LogP contribution in [0.25, 0.3) is 5.57 Å². The molecule has 124 valence electrons. The Kier molecular flexibility index (Phi) is 5.97. The van der Waals surface area contributed by atoms with E-state index in [9.17, 15) is 14.4 Å². The van der Waals surface area contributed by atoms with E-state index in [1.807, 2.05) is 0 Å². The van der Waals surface area contributed by atoms with Gasteiger partial charge in [-0.2, -0.15) is 0 Å². The molecule has 2 rings (SSSR count). The number of carbonyl (C=O) groups is 3. The fourth-order valence-electron chi connectivity index (χ4n) is 2.05. The molecule has 0 saturated carbocycles. The minimum Gasteiger partial charge on any atom is -0.469 e. The first-order valence-corrected chi connectivity index (χ1v) is 7.84. The minimum absolute atomic E-state index is 0.0495. The molecule has 0 saturated heterocycles. The molecular formula is C17H15NO5S. The lowest BCUT2D eigenvalue weighted by molar-refractivity contribution is -0.143. The Labute approximate surface area is 142 Å². The Hall–Kier alpha value is -2.80. The highest BCUT2D eigenvalue weighted by molar-refractivity contribution is 7.11. The fraction of sp³-hybridized carbons (Fsp3) is 0.176. The van der Waals surface area contributed by atoms with Gasteiger partial charge >= 0.3 is 11.9 Å². The lowest BCUT2D eigenvalue weighted by Crippen LogP contribution is -2.17. The maximum Gasteiger partial charge on any atom is 0.335 e. The van der Waals surface area contributed by atoms with E-state index in [1.165, 1.54) is 31.8 Å². The van der Waals surface area contributed by atoms with Crippen molar-refractivity contribution < 1.29 is 23.9 Å². The van der Waals surface area contributed by atoms with Gasteiger partial charge in [0.05, 0.1) is 31.8 Å². The molecule has 0 aliphatic heterocycles. The first-order valence-electron chi connectivity index (χ1n) is 6.96. The number of ketones is 1. The van der Waals surface area contributed by atoms with E-state index in [0.29, 0.717) is 10.6 Å². The maximum atomic E-state index is 12.9. The molecule has 0 N–H and O–H groups in total. The summed E-state index contributed by atoms with van der Waals surface area (Å²) in [6.07, 6.45) is 1.14. The molecule has 0 aliphatic rings. The van der Waals surface area contributed by atoms with Gasteiger partial charge in [-0.1, -0.05) is 30.3 Å². The summed E-state index contributed by atoms with van der Waals surface area (Å²) in [5.41, 5.74) is 0.357. The molecule has 1 aromatic carbocycles. The number of rotatable bonds is 6. The van der Waals surface area contributed by atoms with Gasteiger partial charge in [0.1, 0.15) is 5.01 Å². The number of thiazole rings is 1. The summed E-state index contributed by atoms with van der Waals surface area (Å²) in [6.45, 7) is 0. The third kappa shape index (κ3) is 3.94. The van der Waals surface area contributed by atoms with E-state index in [1.54, 1.807) is 35.7 Å². The molecule has 1 heterocycles. The highest BCUT2D eigenvalue weighted by Crippen LogP contribution is 2.28. The molecule has 1 aromatic heterocycles. The Morgan fingerprint density at radius 3 is 2.33 bits per heavy atom. The molecule has 0 fully saturated rings. The van der Waals surface area contributed by atoms with Crippen molar-refractivity contribution in [2.45, 2.75) is 6.42 Å². The average Bonchev–Trinajstić information content (AvgIpc) is 3.15. The van der Waals surface area contributed by atoms with Crippen LogP contribution < -0.4 is 0 Å². The number of benzene rings is 1. The number of hydrogen-bond donors (Lipinski definition) is 0. The normalized spacial score (nSPS) is 11.4. The molecule has 0 spiro atoms. The fourth-order valence-corrected chi connectivity index (χ4v) is 2.75. The van der Waals surface area contributed by atoms with Crippen LogP contribution in [0.3, 0.4) is 0 Å². The van der Waals surface area contributed by atoms with Crippen LogP contribution in [-0.2, 0) is 19.1 Å². The van der Waals surface area contributed by atoms with Gasteiger partial charge in [-0.15, -0.1) is 11.3 Å². The Morgan fingerprint density at radius 2 is 1.79 bits per heavy atom. The van der Waals surface area contributed by atoms with Crippen LogP contribution in [0.5, 0.6) is 0 Å². The van der Waals surface area contributed by atoms with Gasteiger partial charge < -0.3 is 9.47 Å². The molecule has 0 radical (unpaired) electrons. The molecule has 0 aliphatic carbocycles. The van der Waals surface area contributed by atoms with Crippen molar-refractivity contribution in [3.8, 4) is 0 Å². The van der Waals surface area contributed by atoms with Crippen molar-refractivity contribution in [1.82, 2.24) is 4.98 Å². The predicted octanol–water partition coefficient (Wildman–Crippen LogP) is 2.52. The van der Waals surface area contributed by atoms with Crippen LogP contribution in [0.4, 0.5) is 0 Å². The third-order valence-corrected chi connectivity index (χ3v) is 3.98. The quantitative estimate of drug-likeness (QED) is 0.454. The zero-order valence-corrected chi connectivity index (χ0v) is 14.0. The van der Waals surface area contributed by atoms with Crippen molar-refractivity contribution in [2.24, 2.45) is 0 Å². The number of esters is 2.